The first kappa shape index (κ1) is 23.9. The largest absolute Gasteiger partial charge is 0.389 e. The molecule has 1 aliphatic heterocycles. The summed E-state index contributed by atoms with van der Waals surface area (Å²) >= 11 is 5.94. The molecule has 0 spiro atoms. The molecule has 0 amide bonds. The molecule has 1 N–H and O–H groups in total. The molecule has 8 heteroatoms. The monoisotopic (exact) mass is 470 g/mol. The van der Waals surface area contributed by atoms with Crippen molar-refractivity contribution in [2.45, 2.75) is 32.6 Å². The van der Waals surface area contributed by atoms with Crippen molar-refractivity contribution < 1.29 is 14.4 Å². The van der Waals surface area contributed by atoms with E-state index < -0.39 is 6.10 Å². The van der Waals surface area contributed by atoms with E-state index in [1.54, 1.807) is 0 Å². The number of aliphatic hydroxyl groups is 1. The minimum atomic E-state index is -0.528. The van der Waals surface area contributed by atoms with Gasteiger partial charge in [-0.3, -0.25) is 9.80 Å². The minimum absolute atomic E-state index is 0.0898. The van der Waals surface area contributed by atoms with Gasteiger partial charge in [-0.05, 0) is 31.5 Å². The van der Waals surface area contributed by atoms with Crippen molar-refractivity contribution in [3.05, 3.63) is 70.6 Å². The van der Waals surface area contributed by atoms with E-state index in [9.17, 15) is 5.11 Å². The highest BCUT2D eigenvalue weighted by Crippen LogP contribution is 2.20. The SMILES string of the molecule is Cc1ccc(-c2noc(CN3CCN(C[C@H](O)CO[C@H](C)c4ccc(Cl)cc4)CC3)n2)cc1. The average Bonchev–Trinajstić information content (AvgIpc) is 3.28. The van der Waals surface area contributed by atoms with Crippen LogP contribution in [0.3, 0.4) is 0 Å². The van der Waals surface area contributed by atoms with Crippen LogP contribution < -0.4 is 0 Å². The molecule has 0 saturated carbocycles. The molecular weight excluding hydrogens is 440 g/mol. The van der Waals surface area contributed by atoms with Crippen molar-refractivity contribution in [1.82, 2.24) is 19.9 Å². The molecule has 0 unspecified atom stereocenters. The number of hydrogen-bond donors (Lipinski definition) is 1. The number of hydrogen-bond acceptors (Lipinski definition) is 7. The smallest absolute Gasteiger partial charge is 0.241 e. The Labute approximate surface area is 199 Å². The van der Waals surface area contributed by atoms with E-state index in [0.717, 1.165) is 37.3 Å². The third kappa shape index (κ3) is 6.85. The van der Waals surface area contributed by atoms with Crippen molar-refractivity contribution in [1.29, 1.82) is 0 Å². The molecule has 1 aliphatic rings. The number of aliphatic hydroxyl groups excluding tert-OH is 1. The molecular formula is C25H31ClN4O3. The van der Waals surface area contributed by atoms with Gasteiger partial charge in [0.05, 0.1) is 25.4 Å². The van der Waals surface area contributed by atoms with E-state index in [-0.39, 0.29) is 6.10 Å². The highest BCUT2D eigenvalue weighted by atomic mass is 35.5. The van der Waals surface area contributed by atoms with Crippen LogP contribution in [0.15, 0.2) is 53.1 Å². The third-order valence-corrected chi connectivity index (χ3v) is 6.20. The number of piperazine rings is 1. The Balaban J connectivity index is 1.17. The summed E-state index contributed by atoms with van der Waals surface area (Å²) < 4.78 is 11.3. The summed E-state index contributed by atoms with van der Waals surface area (Å²) in [5, 5.41) is 15.3. The number of halogens is 1. The van der Waals surface area contributed by atoms with Gasteiger partial charge < -0.3 is 14.4 Å². The average molecular weight is 471 g/mol. The fraction of sp³-hybridized carbons (Fsp3) is 0.440. The first-order valence-electron chi connectivity index (χ1n) is 11.4. The summed E-state index contributed by atoms with van der Waals surface area (Å²) in [5.74, 6) is 1.25. The van der Waals surface area contributed by atoms with Gasteiger partial charge in [0, 0.05) is 43.3 Å². The van der Waals surface area contributed by atoms with Gasteiger partial charge in [-0.15, -0.1) is 0 Å². The number of aryl methyl sites for hydroxylation is 1. The van der Waals surface area contributed by atoms with Crippen LogP contribution in [0.2, 0.25) is 5.02 Å². The van der Waals surface area contributed by atoms with Gasteiger partial charge in [0.15, 0.2) is 0 Å². The van der Waals surface area contributed by atoms with Gasteiger partial charge in [-0.25, -0.2) is 0 Å². The fourth-order valence-electron chi connectivity index (χ4n) is 3.90. The van der Waals surface area contributed by atoms with E-state index in [1.165, 1.54) is 5.56 Å². The fourth-order valence-corrected chi connectivity index (χ4v) is 4.02. The molecule has 7 nitrogen and oxygen atoms in total. The number of rotatable bonds is 9. The topological polar surface area (TPSA) is 74.9 Å². The van der Waals surface area contributed by atoms with Crippen molar-refractivity contribution in [2.75, 3.05) is 39.3 Å². The lowest BCUT2D eigenvalue weighted by Gasteiger charge is -2.35. The predicted molar refractivity (Wildman–Crippen MR) is 128 cm³/mol. The molecule has 0 radical (unpaired) electrons. The quantitative estimate of drug-likeness (QED) is 0.507. The lowest BCUT2D eigenvalue weighted by Crippen LogP contribution is -2.48. The van der Waals surface area contributed by atoms with Crippen LogP contribution in [0.5, 0.6) is 0 Å². The number of nitrogens with zero attached hydrogens (tertiary/aromatic N) is 4. The number of aromatic nitrogens is 2. The summed E-state index contributed by atoms with van der Waals surface area (Å²) in [4.78, 5) is 9.11. The molecule has 1 aromatic heterocycles. The molecule has 33 heavy (non-hydrogen) atoms. The lowest BCUT2D eigenvalue weighted by molar-refractivity contribution is -0.0216. The number of β-amino-alcohol motifs (C(OH)–C–C–N with tert-alkyl or cyclic N) is 1. The van der Waals surface area contributed by atoms with E-state index in [4.69, 9.17) is 20.9 Å². The molecule has 1 saturated heterocycles. The second kappa shape index (κ2) is 11.2. The Kier molecular flexibility index (Phi) is 8.11. The normalized spacial score (nSPS) is 17.2. The third-order valence-electron chi connectivity index (χ3n) is 5.95. The summed E-state index contributed by atoms with van der Waals surface area (Å²) in [6.45, 7) is 9.10. The molecule has 4 rings (SSSR count). The second-order valence-corrected chi connectivity index (χ2v) is 9.07. The van der Waals surface area contributed by atoms with E-state index in [0.29, 0.717) is 36.4 Å². The summed E-state index contributed by atoms with van der Waals surface area (Å²) in [7, 11) is 0. The summed E-state index contributed by atoms with van der Waals surface area (Å²) in [5.41, 5.74) is 3.21. The van der Waals surface area contributed by atoms with Gasteiger partial charge in [-0.1, -0.05) is 58.7 Å². The van der Waals surface area contributed by atoms with Crippen LogP contribution in [0.4, 0.5) is 0 Å². The lowest BCUT2D eigenvalue weighted by atomic mass is 10.1. The van der Waals surface area contributed by atoms with Crippen molar-refractivity contribution in [3.8, 4) is 11.4 Å². The van der Waals surface area contributed by atoms with Gasteiger partial charge in [-0.2, -0.15) is 4.98 Å². The van der Waals surface area contributed by atoms with E-state index in [1.807, 2.05) is 55.5 Å². The number of ether oxygens (including phenoxy) is 1. The Bertz CT molecular complexity index is 1000. The highest BCUT2D eigenvalue weighted by Gasteiger charge is 2.21. The van der Waals surface area contributed by atoms with Crippen LogP contribution in [-0.2, 0) is 11.3 Å². The summed E-state index contributed by atoms with van der Waals surface area (Å²) in [6.07, 6.45) is -0.618. The minimum Gasteiger partial charge on any atom is -0.389 e. The zero-order valence-corrected chi connectivity index (χ0v) is 19.9. The van der Waals surface area contributed by atoms with Crippen LogP contribution in [0.25, 0.3) is 11.4 Å². The first-order valence-corrected chi connectivity index (χ1v) is 11.7. The Morgan fingerprint density at radius 1 is 1.03 bits per heavy atom. The molecule has 2 heterocycles. The predicted octanol–water partition coefficient (Wildman–Crippen LogP) is 3.95. The summed E-state index contributed by atoms with van der Waals surface area (Å²) in [6, 6.07) is 15.7. The second-order valence-electron chi connectivity index (χ2n) is 8.64. The maximum Gasteiger partial charge on any atom is 0.241 e. The maximum absolute atomic E-state index is 10.4. The van der Waals surface area contributed by atoms with Gasteiger partial charge in [0.25, 0.3) is 0 Å². The molecule has 0 bridgehead atoms. The molecule has 176 valence electrons. The molecule has 2 aromatic carbocycles. The van der Waals surface area contributed by atoms with Crippen LogP contribution in [-0.4, -0.2) is 70.5 Å². The van der Waals surface area contributed by atoms with Crippen molar-refractivity contribution in [3.63, 3.8) is 0 Å². The van der Waals surface area contributed by atoms with Gasteiger partial charge in [0.1, 0.15) is 0 Å². The van der Waals surface area contributed by atoms with Crippen LogP contribution in [0, 0.1) is 6.92 Å². The molecule has 2 atom stereocenters. The zero-order valence-electron chi connectivity index (χ0n) is 19.2. The molecule has 1 fully saturated rings. The van der Waals surface area contributed by atoms with Crippen molar-refractivity contribution in [2.24, 2.45) is 0 Å². The Hall–Kier alpha value is -2.29. The van der Waals surface area contributed by atoms with Gasteiger partial charge in [0.2, 0.25) is 11.7 Å². The zero-order chi connectivity index (χ0) is 23.2. The highest BCUT2D eigenvalue weighted by molar-refractivity contribution is 6.30. The van der Waals surface area contributed by atoms with E-state index in [2.05, 4.69) is 26.9 Å². The van der Waals surface area contributed by atoms with Crippen molar-refractivity contribution >= 4 is 11.6 Å². The standard InChI is InChI=1S/C25H31ClN4O3/c1-18-3-5-21(6-4-18)25-27-24(33-28-25)16-30-13-11-29(12-14-30)15-23(31)17-32-19(2)20-7-9-22(26)10-8-20/h3-10,19,23,31H,11-17H2,1-2H3/t19-,23+/m1/s1. The first-order chi connectivity index (χ1) is 16.0. The molecule has 3 aromatic rings. The molecule has 0 aliphatic carbocycles. The Morgan fingerprint density at radius 2 is 1.70 bits per heavy atom. The van der Waals surface area contributed by atoms with Crippen LogP contribution in [0.1, 0.15) is 30.0 Å². The van der Waals surface area contributed by atoms with Gasteiger partial charge >= 0.3 is 0 Å². The number of benzene rings is 2. The Morgan fingerprint density at radius 3 is 2.39 bits per heavy atom. The van der Waals surface area contributed by atoms with E-state index >= 15 is 0 Å². The van der Waals surface area contributed by atoms with Crippen LogP contribution >= 0.6 is 11.6 Å². The maximum atomic E-state index is 10.4.